The minimum atomic E-state index is 0.344. The molecule has 1 unspecified atom stereocenters. The minimum absolute atomic E-state index is 0.344. The van der Waals surface area contributed by atoms with E-state index in [1.165, 1.54) is 12.8 Å². The molecule has 1 aliphatic heterocycles. The molecule has 0 saturated carbocycles. The Morgan fingerprint density at radius 3 is 2.93 bits per heavy atom. The van der Waals surface area contributed by atoms with Crippen molar-refractivity contribution in [3.8, 4) is 0 Å². The summed E-state index contributed by atoms with van der Waals surface area (Å²) in [5.41, 5.74) is 0. The van der Waals surface area contributed by atoms with Gasteiger partial charge in [0.05, 0.1) is 0 Å². The number of carbonyl (C=O) groups is 1. The highest BCUT2D eigenvalue weighted by Crippen LogP contribution is 2.19. The van der Waals surface area contributed by atoms with E-state index in [2.05, 4.69) is 12.2 Å². The number of likely N-dealkylation sites (tertiary alicyclic amines) is 1. The Labute approximate surface area is 86.9 Å². The topological polar surface area (TPSA) is 32.3 Å². The standard InChI is InChI=1S/C11H22N2O/c1-3-10-6-8-13(9-10)11(14)5-4-7-12-2/h10,12H,3-9H2,1-2H3. The third-order valence-electron chi connectivity index (χ3n) is 3.03. The summed E-state index contributed by atoms with van der Waals surface area (Å²) in [7, 11) is 1.92. The van der Waals surface area contributed by atoms with Crippen molar-refractivity contribution in [2.45, 2.75) is 32.6 Å². The molecule has 0 aromatic heterocycles. The quantitative estimate of drug-likeness (QED) is 0.674. The molecular formula is C11H22N2O. The molecule has 1 rings (SSSR count). The van der Waals surface area contributed by atoms with Gasteiger partial charge in [-0.2, -0.15) is 0 Å². The Bertz CT molecular complexity index is 182. The van der Waals surface area contributed by atoms with Gasteiger partial charge in [-0.3, -0.25) is 4.79 Å². The zero-order valence-corrected chi connectivity index (χ0v) is 9.38. The van der Waals surface area contributed by atoms with Crippen LogP contribution in [0.25, 0.3) is 0 Å². The predicted octanol–water partition coefficient (Wildman–Crippen LogP) is 1.24. The predicted molar refractivity (Wildman–Crippen MR) is 58.1 cm³/mol. The molecule has 0 radical (unpaired) electrons. The second-order valence-corrected chi connectivity index (χ2v) is 4.11. The lowest BCUT2D eigenvalue weighted by Gasteiger charge is -2.16. The maximum absolute atomic E-state index is 11.7. The van der Waals surface area contributed by atoms with E-state index in [0.29, 0.717) is 12.3 Å². The Balaban J connectivity index is 2.18. The molecule has 1 atom stereocenters. The Kier molecular flexibility index (Phi) is 4.94. The van der Waals surface area contributed by atoms with Gasteiger partial charge in [0.1, 0.15) is 0 Å². The molecule has 1 saturated heterocycles. The number of hydrogen-bond donors (Lipinski definition) is 1. The zero-order valence-electron chi connectivity index (χ0n) is 9.38. The highest BCUT2D eigenvalue weighted by Gasteiger charge is 2.24. The molecular weight excluding hydrogens is 176 g/mol. The van der Waals surface area contributed by atoms with E-state index >= 15 is 0 Å². The van der Waals surface area contributed by atoms with Crippen molar-refractivity contribution < 1.29 is 4.79 Å². The smallest absolute Gasteiger partial charge is 0.222 e. The fourth-order valence-electron chi connectivity index (χ4n) is 1.97. The molecule has 1 fully saturated rings. The molecule has 0 spiro atoms. The Morgan fingerprint density at radius 1 is 1.57 bits per heavy atom. The van der Waals surface area contributed by atoms with Gasteiger partial charge in [-0.25, -0.2) is 0 Å². The van der Waals surface area contributed by atoms with Crippen LogP contribution in [-0.4, -0.2) is 37.5 Å². The van der Waals surface area contributed by atoms with Gasteiger partial charge in [0, 0.05) is 19.5 Å². The average molecular weight is 198 g/mol. The second-order valence-electron chi connectivity index (χ2n) is 4.11. The summed E-state index contributed by atoms with van der Waals surface area (Å²) >= 11 is 0. The van der Waals surface area contributed by atoms with Gasteiger partial charge in [0.15, 0.2) is 0 Å². The summed E-state index contributed by atoms with van der Waals surface area (Å²) in [5.74, 6) is 1.10. The second kappa shape index (κ2) is 6.02. The molecule has 3 heteroatoms. The van der Waals surface area contributed by atoms with Crippen molar-refractivity contribution in [3.63, 3.8) is 0 Å². The summed E-state index contributed by atoms with van der Waals surface area (Å²) in [5, 5.41) is 3.06. The van der Waals surface area contributed by atoms with Crippen molar-refractivity contribution in [2.75, 3.05) is 26.7 Å². The first kappa shape index (κ1) is 11.5. The number of rotatable bonds is 5. The largest absolute Gasteiger partial charge is 0.342 e. The fourth-order valence-corrected chi connectivity index (χ4v) is 1.97. The summed E-state index contributed by atoms with van der Waals surface area (Å²) in [6.07, 6.45) is 4.08. The van der Waals surface area contributed by atoms with Gasteiger partial charge in [-0.1, -0.05) is 13.3 Å². The number of nitrogens with one attached hydrogen (secondary N) is 1. The molecule has 3 nitrogen and oxygen atoms in total. The number of nitrogens with zero attached hydrogens (tertiary/aromatic N) is 1. The van der Waals surface area contributed by atoms with Crippen molar-refractivity contribution in [2.24, 2.45) is 5.92 Å². The number of hydrogen-bond acceptors (Lipinski definition) is 2. The highest BCUT2D eigenvalue weighted by molar-refractivity contribution is 5.76. The van der Waals surface area contributed by atoms with E-state index in [1.54, 1.807) is 0 Å². The fraction of sp³-hybridized carbons (Fsp3) is 0.909. The maximum Gasteiger partial charge on any atom is 0.222 e. The molecule has 1 N–H and O–H groups in total. The van der Waals surface area contributed by atoms with Crippen molar-refractivity contribution in [3.05, 3.63) is 0 Å². The summed E-state index contributed by atoms with van der Waals surface area (Å²) in [4.78, 5) is 13.7. The SMILES string of the molecule is CCC1CCN(C(=O)CCCNC)C1. The first-order valence-corrected chi connectivity index (χ1v) is 5.70. The normalized spacial score (nSPS) is 21.6. The minimum Gasteiger partial charge on any atom is -0.342 e. The highest BCUT2D eigenvalue weighted by atomic mass is 16.2. The van der Waals surface area contributed by atoms with Crippen LogP contribution < -0.4 is 5.32 Å². The Morgan fingerprint density at radius 2 is 2.36 bits per heavy atom. The van der Waals surface area contributed by atoms with Gasteiger partial charge in [0.2, 0.25) is 5.91 Å². The van der Waals surface area contributed by atoms with Crippen LogP contribution in [0.5, 0.6) is 0 Å². The van der Waals surface area contributed by atoms with Crippen LogP contribution in [0, 0.1) is 5.92 Å². The summed E-state index contributed by atoms with van der Waals surface area (Å²) in [6, 6.07) is 0. The summed E-state index contributed by atoms with van der Waals surface area (Å²) in [6.45, 7) is 5.13. The van der Waals surface area contributed by atoms with Gasteiger partial charge in [0.25, 0.3) is 0 Å². The van der Waals surface area contributed by atoms with E-state index in [9.17, 15) is 4.79 Å². The molecule has 0 aliphatic carbocycles. The molecule has 0 aromatic rings. The lowest BCUT2D eigenvalue weighted by molar-refractivity contribution is -0.130. The maximum atomic E-state index is 11.7. The lowest BCUT2D eigenvalue weighted by Crippen LogP contribution is -2.29. The molecule has 82 valence electrons. The number of carbonyl (C=O) groups excluding carboxylic acids is 1. The van der Waals surface area contributed by atoms with E-state index in [0.717, 1.165) is 32.0 Å². The van der Waals surface area contributed by atoms with Gasteiger partial charge in [-0.05, 0) is 32.4 Å². The van der Waals surface area contributed by atoms with Gasteiger partial charge in [-0.15, -0.1) is 0 Å². The van der Waals surface area contributed by atoms with Crippen molar-refractivity contribution in [1.82, 2.24) is 10.2 Å². The molecule has 0 aromatic carbocycles. The zero-order chi connectivity index (χ0) is 10.4. The van der Waals surface area contributed by atoms with E-state index in [4.69, 9.17) is 0 Å². The van der Waals surface area contributed by atoms with Crippen LogP contribution in [0.1, 0.15) is 32.6 Å². The van der Waals surface area contributed by atoms with Gasteiger partial charge < -0.3 is 10.2 Å². The third kappa shape index (κ3) is 3.29. The van der Waals surface area contributed by atoms with E-state index < -0.39 is 0 Å². The number of amides is 1. The van der Waals surface area contributed by atoms with Crippen LogP contribution >= 0.6 is 0 Å². The monoisotopic (exact) mass is 198 g/mol. The molecule has 14 heavy (non-hydrogen) atoms. The average Bonchev–Trinajstić information content (AvgIpc) is 2.66. The van der Waals surface area contributed by atoms with Crippen LogP contribution in [0.15, 0.2) is 0 Å². The third-order valence-corrected chi connectivity index (χ3v) is 3.03. The van der Waals surface area contributed by atoms with Crippen LogP contribution in [0.4, 0.5) is 0 Å². The molecule has 1 aliphatic rings. The first-order chi connectivity index (χ1) is 6.77. The first-order valence-electron chi connectivity index (χ1n) is 5.70. The van der Waals surface area contributed by atoms with Crippen LogP contribution in [0.2, 0.25) is 0 Å². The van der Waals surface area contributed by atoms with E-state index in [1.807, 2.05) is 11.9 Å². The summed E-state index contributed by atoms with van der Waals surface area (Å²) < 4.78 is 0. The van der Waals surface area contributed by atoms with Crippen molar-refractivity contribution >= 4 is 5.91 Å². The molecule has 0 bridgehead atoms. The van der Waals surface area contributed by atoms with Crippen LogP contribution in [0.3, 0.4) is 0 Å². The van der Waals surface area contributed by atoms with Gasteiger partial charge >= 0.3 is 0 Å². The lowest BCUT2D eigenvalue weighted by atomic mass is 10.1. The Hall–Kier alpha value is -0.570. The van der Waals surface area contributed by atoms with E-state index in [-0.39, 0.29) is 0 Å². The van der Waals surface area contributed by atoms with Crippen molar-refractivity contribution in [1.29, 1.82) is 0 Å². The van der Waals surface area contributed by atoms with Crippen LogP contribution in [-0.2, 0) is 4.79 Å². The molecule has 1 amide bonds. The molecule has 1 heterocycles.